The number of aryl methyl sites for hydroxylation is 1. The number of aromatic nitrogens is 2. The van der Waals surface area contributed by atoms with Crippen molar-refractivity contribution in [1.29, 1.82) is 0 Å². The predicted octanol–water partition coefficient (Wildman–Crippen LogP) is 4.11. The fourth-order valence-corrected chi connectivity index (χ4v) is 2.39. The van der Waals surface area contributed by atoms with Gasteiger partial charge in [0.15, 0.2) is 0 Å². The van der Waals surface area contributed by atoms with Crippen molar-refractivity contribution in [2.45, 2.75) is 19.9 Å². The van der Waals surface area contributed by atoms with E-state index in [0.717, 1.165) is 16.6 Å². The second-order valence-corrected chi connectivity index (χ2v) is 4.98. The largest absolute Gasteiger partial charge is 0.378 e. The Morgan fingerprint density at radius 2 is 1.90 bits per heavy atom. The Balaban J connectivity index is 1.97. The molecule has 1 N–H and O–H groups in total. The number of nitrogens with zero attached hydrogens (tertiary/aromatic N) is 2. The first-order valence-corrected chi connectivity index (χ1v) is 6.76. The highest BCUT2D eigenvalue weighted by molar-refractivity contribution is 5.93. The van der Waals surface area contributed by atoms with Crippen molar-refractivity contribution in [3.8, 4) is 0 Å². The van der Waals surface area contributed by atoms with Gasteiger partial charge in [-0.15, -0.1) is 0 Å². The van der Waals surface area contributed by atoms with Gasteiger partial charge in [-0.25, -0.2) is 0 Å². The second kappa shape index (κ2) is 5.29. The van der Waals surface area contributed by atoms with E-state index in [1.54, 1.807) is 6.20 Å². The van der Waals surface area contributed by atoms with E-state index >= 15 is 0 Å². The van der Waals surface area contributed by atoms with E-state index in [1.807, 2.05) is 24.5 Å². The molecule has 3 aromatic rings. The van der Waals surface area contributed by atoms with Crippen LogP contribution in [0.25, 0.3) is 10.9 Å². The van der Waals surface area contributed by atoms with Crippen molar-refractivity contribution in [3.63, 3.8) is 0 Å². The molecule has 1 aromatic carbocycles. The summed E-state index contributed by atoms with van der Waals surface area (Å²) in [7, 11) is 0. The third kappa shape index (κ3) is 2.35. The van der Waals surface area contributed by atoms with Crippen LogP contribution in [0, 0.1) is 6.92 Å². The molecule has 0 saturated carbocycles. The van der Waals surface area contributed by atoms with Gasteiger partial charge < -0.3 is 5.32 Å². The lowest BCUT2D eigenvalue weighted by molar-refractivity contribution is 0.877. The van der Waals surface area contributed by atoms with Crippen LogP contribution in [0.3, 0.4) is 0 Å². The summed E-state index contributed by atoms with van der Waals surface area (Å²) in [5.41, 5.74) is 4.52. The molecule has 0 aliphatic carbocycles. The van der Waals surface area contributed by atoms with E-state index in [4.69, 9.17) is 0 Å². The first kappa shape index (κ1) is 12.6. The second-order valence-electron chi connectivity index (χ2n) is 4.98. The highest BCUT2D eigenvalue weighted by Gasteiger charge is 2.09. The molecule has 1 unspecified atom stereocenters. The monoisotopic (exact) mass is 263 g/mol. The average Bonchev–Trinajstić information content (AvgIpc) is 2.51. The average molecular weight is 263 g/mol. The fourth-order valence-electron chi connectivity index (χ4n) is 2.39. The van der Waals surface area contributed by atoms with Crippen LogP contribution in [0.4, 0.5) is 5.69 Å². The van der Waals surface area contributed by atoms with Crippen molar-refractivity contribution in [2.75, 3.05) is 5.32 Å². The molecule has 3 nitrogen and oxygen atoms in total. The number of hydrogen-bond donors (Lipinski definition) is 1. The Morgan fingerprint density at radius 1 is 1.05 bits per heavy atom. The number of anilines is 1. The number of benzene rings is 1. The van der Waals surface area contributed by atoms with Crippen LogP contribution in [0.15, 0.2) is 55.0 Å². The number of fused-ring (bicyclic) bond motifs is 1. The van der Waals surface area contributed by atoms with E-state index in [2.05, 4.69) is 53.4 Å². The molecule has 100 valence electrons. The van der Waals surface area contributed by atoms with Crippen LogP contribution in [0.2, 0.25) is 0 Å². The van der Waals surface area contributed by atoms with Crippen LogP contribution < -0.4 is 5.32 Å². The molecule has 0 amide bonds. The van der Waals surface area contributed by atoms with Gasteiger partial charge in [-0.1, -0.05) is 12.1 Å². The van der Waals surface area contributed by atoms with Gasteiger partial charge in [0.1, 0.15) is 0 Å². The molecule has 0 fully saturated rings. The third-order valence-corrected chi connectivity index (χ3v) is 3.53. The summed E-state index contributed by atoms with van der Waals surface area (Å²) in [6.45, 7) is 4.22. The molecule has 3 rings (SSSR count). The third-order valence-electron chi connectivity index (χ3n) is 3.53. The Bertz CT molecular complexity index is 723. The molecule has 20 heavy (non-hydrogen) atoms. The summed E-state index contributed by atoms with van der Waals surface area (Å²) < 4.78 is 0. The maximum absolute atomic E-state index is 4.47. The first-order valence-electron chi connectivity index (χ1n) is 6.76. The smallest absolute Gasteiger partial charge is 0.0751 e. The lowest BCUT2D eigenvalue weighted by Gasteiger charge is -2.17. The lowest BCUT2D eigenvalue weighted by Crippen LogP contribution is -2.07. The van der Waals surface area contributed by atoms with Gasteiger partial charge in [0, 0.05) is 29.7 Å². The van der Waals surface area contributed by atoms with Gasteiger partial charge in [-0.3, -0.25) is 9.97 Å². The van der Waals surface area contributed by atoms with Crippen molar-refractivity contribution < 1.29 is 0 Å². The Labute approximate surface area is 118 Å². The van der Waals surface area contributed by atoms with Crippen LogP contribution >= 0.6 is 0 Å². The molecule has 2 heterocycles. The van der Waals surface area contributed by atoms with Crippen molar-refractivity contribution in [3.05, 3.63) is 66.1 Å². The minimum atomic E-state index is 0.204. The predicted molar refractivity (Wildman–Crippen MR) is 82.8 cm³/mol. The van der Waals surface area contributed by atoms with Gasteiger partial charge in [-0.2, -0.15) is 0 Å². The number of rotatable bonds is 3. The molecule has 0 radical (unpaired) electrons. The van der Waals surface area contributed by atoms with E-state index in [-0.39, 0.29) is 6.04 Å². The van der Waals surface area contributed by atoms with Crippen molar-refractivity contribution in [2.24, 2.45) is 0 Å². The topological polar surface area (TPSA) is 37.8 Å². The number of nitrogens with one attached hydrogen (secondary N) is 1. The molecule has 0 bridgehead atoms. The van der Waals surface area contributed by atoms with Gasteiger partial charge in [0.05, 0.1) is 11.6 Å². The Kier molecular flexibility index (Phi) is 3.33. The summed E-state index contributed by atoms with van der Waals surface area (Å²) in [5.74, 6) is 0. The molecule has 0 saturated heterocycles. The van der Waals surface area contributed by atoms with Gasteiger partial charge in [0.25, 0.3) is 0 Å². The fraction of sp³-hybridized carbons (Fsp3) is 0.176. The van der Waals surface area contributed by atoms with Gasteiger partial charge in [-0.05, 0) is 49.2 Å². The first-order chi connectivity index (χ1) is 9.75. The summed E-state index contributed by atoms with van der Waals surface area (Å²) >= 11 is 0. The summed E-state index contributed by atoms with van der Waals surface area (Å²) in [4.78, 5) is 8.64. The molecule has 2 aromatic heterocycles. The lowest BCUT2D eigenvalue weighted by atomic mass is 10.1. The summed E-state index contributed by atoms with van der Waals surface area (Å²) in [6, 6.07) is 12.5. The van der Waals surface area contributed by atoms with Gasteiger partial charge in [0.2, 0.25) is 0 Å². The molecule has 0 aliphatic heterocycles. The number of pyridine rings is 2. The minimum Gasteiger partial charge on any atom is -0.378 e. The van der Waals surface area contributed by atoms with Crippen molar-refractivity contribution >= 4 is 16.6 Å². The number of hydrogen-bond acceptors (Lipinski definition) is 3. The zero-order chi connectivity index (χ0) is 13.9. The van der Waals surface area contributed by atoms with E-state index in [0.29, 0.717) is 0 Å². The van der Waals surface area contributed by atoms with Crippen LogP contribution in [-0.4, -0.2) is 9.97 Å². The van der Waals surface area contributed by atoms with E-state index in [1.165, 1.54) is 11.1 Å². The zero-order valence-corrected chi connectivity index (χ0v) is 11.7. The highest BCUT2D eigenvalue weighted by Crippen LogP contribution is 2.27. The normalized spacial score (nSPS) is 12.3. The molecule has 1 atom stereocenters. The molecular weight excluding hydrogens is 246 g/mol. The summed E-state index contributed by atoms with van der Waals surface area (Å²) in [5, 5.41) is 4.70. The minimum absolute atomic E-state index is 0.204. The van der Waals surface area contributed by atoms with Gasteiger partial charge >= 0.3 is 0 Å². The Morgan fingerprint density at radius 3 is 2.70 bits per heavy atom. The summed E-state index contributed by atoms with van der Waals surface area (Å²) in [6.07, 6.45) is 5.53. The standard InChI is InChI=1S/C17H17N3/c1-12-7-8-16(15-6-4-10-19-17(12)15)20-13(2)14-5-3-9-18-11-14/h3-11,13,20H,1-2H3. The maximum atomic E-state index is 4.47. The van der Waals surface area contributed by atoms with Crippen LogP contribution in [0.1, 0.15) is 24.1 Å². The Hall–Kier alpha value is -2.42. The molecule has 0 aliphatic rings. The zero-order valence-electron chi connectivity index (χ0n) is 11.7. The van der Waals surface area contributed by atoms with E-state index in [9.17, 15) is 0 Å². The van der Waals surface area contributed by atoms with Crippen molar-refractivity contribution in [1.82, 2.24) is 9.97 Å². The molecule has 3 heteroatoms. The van der Waals surface area contributed by atoms with E-state index < -0.39 is 0 Å². The highest BCUT2D eigenvalue weighted by atomic mass is 14.9. The quantitative estimate of drug-likeness (QED) is 0.772. The SMILES string of the molecule is Cc1ccc(NC(C)c2cccnc2)c2cccnc12. The van der Waals surface area contributed by atoms with Crippen LogP contribution in [0.5, 0.6) is 0 Å². The maximum Gasteiger partial charge on any atom is 0.0751 e. The molecule has 0 spiro atoms. The molecular formula is C17H17N3. The van der Waals surface area contributed by atoms with Crippen LogP contribution in [-0.2, 0) is 0 Å².